The molecule has 2 N–H and O–H groups in total. The molecule has 1 aromatic carbocycles. The maximum atomic E-state index is 5.67. The molecule has 0 aliphatic rings. The zero-order valence-electron chi connectivity index (χ0n) is 15.3. The van der Waals surface area contributed by atoms with Crippen LogP contribution in [0.3, 0.4) is 0 Å². The van der Waals surface area contributed by atoms with Crippen molar-refractivity contribution < 1.29 is 4.74 Å². The van der Waals surface area contributed by atoms with E-state index >= 15 is 0 Å². The SMILES string of the molecule is CCNC(=NCCOCc1ccccc1)NCCc1nc(C)c(C)s1. The van der Waals surface area contributed by atoms with Crippen molar-refractivity contribution >= 4 is 17.3 Å². The lowest BCUT2D eigenvalue weighted by Crippen LogP contribution is -2.38. The van der Waals surface area contributed by atoms with E-state index in [1.165, 1.54) is 15.4 Å². The van der Waals surface area contributed by atoms with Gasteiger partial charge in [-0.1, -0.05) is 30.3 Å². The average Bonchev–Trinajstić information content (AvgIpc) is 2.93. The van der Waals surface area contributed by atoms with Crippen LogP contribution < -0.4 is 10.6 Å². The van der Waals surface area contributed by atoms with E-state index < -0.39 is 0 Å². The number of aryl methyl sites for hydroxylation is 2. The molecule has 0 saturated carbocycles. The van der Waals surface area contributed by atoms with Gasteiger partial charge in [0.05, 0.1) is 30.5 Å². The minimum absolute atomic E-state index is 0.607. The second kappa shape index (κ2) is 10.8. The van der Waals surface area contributed by atoms with Crippen LogP contribution in [0.15, 0.2) is 35.3 Å². The lowest BCUT2D eigenvalue weighted by Gasteiger charge is -2.10. The van der Waals surface area contributed by atoms with E-state index in [0.717, 1.165) is 31.2 Å². The van der Waals surface area contributed by atoms with Crippen molar-refractivity contribution in [1.29, 1.82) is 0 Å². The summed E-state index contributed by atoms with van der Waals surface area (Å²) < 4.78 is 5.67. The molecular weight excluding hydrogens is 332 g/mol. The van der Waals surface area contributed by atoms with Gasteiger partial charge in [0.1, 0.15) is 0 Å². The summed E-state index contributed by atoms with van der Waals surface area (Å²) in [6.07, 6.45) is 0.911. The van der Waals surface area contributed by atoms with Crippen molar-refractivity contribution in [3.63, 3.8) is 0 Å². The Bertz CT molecular complexity index is 635. The Balaban J connectivity index is 1.68. The summed E-state index contributed by atoms with van der Waals surface area (Å²) >= 11 is 1.77. The largest absolute Gasteiger partial charge is 0.375 e. The van der Waals surface area contributed by atoms with Gasteiger partial charge in [-0.15, -0.1) is 11.3 Å². The molecule has 1 heterocycles. The van der Waals surface area contributed by atoms with Crippen LogP contribution in [0.1, 0.15) is 28.1 Å². The Morgan fingerprint density at radius 3 is 2.68 bits per heavy atom. The number of guanidine groups is 1. The highest BCUT2D eigenvalue weighted by atomic mass is 32.1. The number of aromatic nitrogens is 1. The van der Waals surface area contributed by atoms with Gasteiger partial charge in [-0.25, -0.2) is 4.98 Å². The van der Waals surface area contributed by atoms with E-state index in [1.807, 2.05) is 18.2 Å². The molecule has 5 nitrogen and oxygen atoms in total. The lowest BCUT2D eigenvalue weighted by molar-refractivity contribution is 0.128. The molecule has 0 amide bonds. The van der Waals surface area contributed by atoms with E-state index in [1.54, 1.807) is 11.3 Å². The predicted molar refractivity (Wildman–Crippen MR) is 105 cm³/mol. The van der Waals surface area contributed by atoms with E-state index in [9.17, 15) is 0 Å². The minimum Gasteiger partial charge on any atom is -0.375 e. The Morgan fingerprint density at radius 1 is 1.20 bits per heavy atom. The van der Waals surface area contributed by atoms with E-state index in [2.05, 4.69) is 53.5 Å². The summed E-state index contributed by atoms with van der Waals surface area (Å²) in [6.45, 7) is 9.78. The maximum absolute atomic E-state index is 5.67. The molecule has 0 atom stereocenters. The first-order chi connectivity index (χ1) is 12.2. The van der Waals surface area contributed by atoms with Gasteiger partial charge in [-0.2, -0.15) is 0 Å². The van der Waals surface area contributed by atoms with Crippen molar-refractivity contribution in [1.82, 2.24) is 15.6 Å². The fraction of sp³-hybridized carbons (Fsp3) is 0.474. The number of nitrogens with zero attached hydrogens (tertiary/aromatic N) is 2. The maximum Gasteiger partial charge on any atom is 0.191 e. The highest BCUT2D eigenvalue weighted by molar-refractivity contribution is 7.11. The third-order valence-corrected chi connectivity index (χ3v) is 4.80. The van der Waals surface area contributed by atoms with E-state index in [0.29, 0.717) is 19.8 Å². The van der Waals surface area contributed by atoms with Crippen LogP contribution in [-0.4, -0.2) is 37.2 Å². The minimum atomic E-state index is 0.607. The van der Waals surface area contributed by atoms with Gasteiger partial charge in [0, 0.05) is 24.4 Å². The van der Waals surface area contributed by atoms with Gasteiger partial charge in [0.25, 0.3) is 0 Å². The second-order valence-electron chi connectivity index (χ2n) is 5.72. The molecule has 0 spiro atoms. The average molecular weight is 361 g/mol. The Labute approximate surface area is 154 Å². The normalized spacial score (nSPS) is 11.6. The van der Waals surface area contributed by atoms with E-state index in [4.69, 9.17) is 4.74 Å². The Hall–Kier alpha value is -1.92. The summed E-state index contributed by atoms with van der Waals surface area (Å²) in [7, 11) is 0. The molecule has 25 heavy (non-hydrogen) atoms. The first-order valence-electron chi connectivity index (χ1n) is 8.75. The quantitative estimate of drug-likeness (QED) is 0.410. The summed E-state index contributed by atoms with van der Waals surface area (Å²) in [6, 6.07) is 10.2. The highest BCUT2D eigenvalue weighted by Gasteiger charge is 2.04. The number of rotatable bonds is 9. The predicted octanol–water partition coefficient (Wildman–Crippen LogP) is 3.07. The van der Waals surface area contributed by atoms with Crippen molar-refractivity contribution in [3.8, 4) is 0 Å². The number of ether oxygens (including phenoxy) is 1. The monoisotopic (exact) mass is 360 g/mol. The third kappa shape index (κ3) is 7.23. The summed E-state index contributed by atoms with van der Waals surface area (Å²) in [5.74, 6) is 0.829. The van der Waals surface area contributed by atoms with Crippen LogP contribution in [0, 0.1) is 13.8 Å². The fourth-order valence-electron chi connectivity index (χ4n) is 2.26. The first kappa shape index (κ1) is 19.4. The van der Waals surface area contributed by atoms with Gasteiger partial charge >= 0.3 is 0 Å². The number of nitrogens with one attached hydrogen (secondary N) is 2. The number of hydrogen-bond acceptors (Lipinski definition) is 4. The summed E-state index contributed by atoms with van der Waals surface area (Å²) in [5.41, 5.74) is 2.32. The van der Waals surface area contributed by atoms with Crippen molar-refractivity contribution in [2.45, 2.75) is 33.8 Å². The van der Waals surface area contributed by atoms with Crippen LogP contribution in [0.25, 0.3) is 0 Å². The Morgan fingerprint density at radius 2 is 2.00 bits per heavy atom. The zero-order chi connectivity index (χ0) is 17.9. The van der Waals surface area contributed by atoms with Crippen molar-refractivity contribution in [2.24, 2.45) is 4.99 Å². The molecule has 1 aromatic heterocycles. The van der Waals surface area contributed by atoms with Crippen molar-refractivity contribution in [2.75, 3.05) is 26.2 Å². The molecule has 2 aromatic rings. The molecule has 0 unspecified atom stereocenters. The zero-order valence-corrected chi connectivity index (χ0v) is 16.2. The van der Waals surface area contributed by atoms with Gasteiger partial charge in [0.2, 0.25) is 0 Å². The molecule has 136 valence electrons. The number of benzene rings is 1. The molecular formula is C19H28N4OS. The van der Waals surface area contributed by atoms with Crippen LogP contribution in [-0.2, 0) is 17.8 Å². The number of thiazole rings is 1. The van der Waals surface area contributed by atoms with Gasteiger partial charge < -0.3 is 15.4 Å². The smallest absolute Gasteiger partial charge is 0.191 e. The van der Waals surface area contributed by atoms with Crippen molar-refractivity contribution in [3.05, 3.63) is 51.5 Å². The topological polar surface area (TPSA) is 58.5 Å². The number of aliphatic imine (C=N–C) groups is 1. The van der Waals surface area contributed by atoms with Crippen LogP contribution in [0.2, 0.25) is 0 Å². The number of hydrogen-bond donors (Lipinski definition) is 2. The third-order valence-electron chi connectivity index (χ3n) is 3.67. The summed E-state index contributed by atoms with van der Waals surface area (Å²) in [5, 5.41) is 7.79. The molecule has 0 saturated heterocycles. The van der Waals surface area contributed by atoms with Crippen LogP contribution >= 0.6 is 11.3 Å². The van der Waals surface area contributed by atoms with Gasteiger partial charge in [0.15, 0.2) is 5.96 Å². The fourth-order valence-corrected chi connectivity index (χ4v) is 3.20. The molecule has 2 rings (SSSR count). The van der Waals surface area contributed by atoms with Crippen LogP contribution in [0.5, 0.6) is 0 Å². The van der Waals surface area contributed by atoms with Gasteiger partial charge in [-0.3, -0.25) is 4.99 Å². The van der Waals surface area contributed by atoms with Gasteiger partial charge in [-0.05, 0) is 26.3 Å². The molecule has 0 radical (unpaired) electrons. The molecule has 6 heteroatoms. The lowest BCUT2D eigenvalue weighted by atomic mass is 10.2. The molecule has 0 aliphatic heterocycles. The molecule has 0 fully saturated rings. The molecule has 0 aliphatic carbocycles. The van der Waals surface area contributed by atoms with E-state index in [-0.39, 0.29) is 0 Å². The highest BCUT2D eigenvalue weighted by Crippen LogP contribution is 2.16. The molecule has 0 bridgehead atoms. The second-order valence-corrected chi connectivity index (χ2v) is 7.01. The summed E-state index contributed by atoms with van der Waals surface area (Å²) in [4.78, 5) is 10.4. The Kier molecular flexibility index (Phi) is 8.42. The standard InChI is InChI=1S/C19H28N4OS/c1-4-20-19(21-11-10-18-23-15(2)16(3)25-18)22-12-13-24-14-17-8-6-5-7-9-17/h5-9H,4,10-14H2,1-3H3,(H2,20,21,22). The van der Waals surface area contributed by atoms with Crippen LogP contribution in [0.4, 0.5) is 0 Å². The first-order valence-corrected chi connectivity index (χ1v) is 9.57.